The van der Waals surface area contributed by atoms with Crippen LogP contribution in [0.4, 0.5) is 11.5 Å². The fourth-order valence-electron chi connectivity index (χ4n) is 2.32. The highest BCUT2D eigenvalue weighted by Crippen LogP contribution is 2.24. The zero-order valence-electron chi connectivity index (χ0n) is 10.9. The van der Waals surface area contributed by atoms with Crippen LogP contribution < -0.4 is 11.5 Å². The van der Waals surface area contributed by atoms with Gasteiger partial charge in [0.2, 0.25) is 0 Å². The predicted molar refractivity (Wildman–Crippen MR) is 76.1 cm³/mol. The van der Waals surface area contributed by atoms with Crippen molar-refractivity contribution < 1.29 is 4.79 Å². The molecule has 0 atom stereocenters. The molecule has 0 aliphatic heterocycles. The molecule has 7 heteroatoms. The van der Waals surface area contributed by atoms with Crippen LogP contribution in [0.25, 0.3) is 10.9 Å². The van der Waals surface area contributed by atoms with Gasteiger partial charge in [0, 0.05) is 16.8 Å². The first-order chi connectivity index (χ1) is 9.56. The fourth-order valence-corrected chi connectivity index (χ4v) is 2.32. The zero-order valence-corrected chi connectivity index (χ0v) is 10.9. The quantitative estimate of drug-likeness (QED) is 0.677. The van der Waals surface area contributed by atoms with Crippen molar-refractivity contribution in [3.8, 4) is 0 Å². The van der Waals surface area contributed by atoms with Crippen LogP contribution in [0.1, 0.15) is 10.5 Å². The molecule has 0 unspecified atom stereocenters. The number of fused-ring (bicyclic) bond motifs is 1. The Kier molecular flexibility index (Phi) is 2.67. The molecule has 2 aromatic heterocycles. The van der Waals surface area contributed by atoms with Crippen LogP contribution in [-0.2, 0) is 6.54 Å². The number of carbonyl (C=O) groups excluding carboxylic acids is 1. The van der Waals surface area contributed by atoms with Crippen LogP contribution in [0.3, 0.4) is 0 Å². The molecule has 3 rings (SSSR count). The lowest BCUT2D eigenvalue weighted by molar-refractivity contribution is 0.0889. The van der Waals surface area contributed by atoms with E-state index in [0.717, 1.165) is 16.6 Å². The number of benzene rings is 1. The molecule has 0 saturated heterocycles. The van der Waals surface area contributed by atoms with Crippen LogP contribution in [0.15, 0.2) is 30.5 Å². The van der Waals surface area contributed by atoms with Crippen LogP contribution in [0.2, 0.25) is 0 Å². The van der Waals surface area contributed by atoms with Crippen LogP contribution in [0, 0.1) is 6.92 Å². The van der Waals surface area contributed by atoms with Crippen molar-refractivity contribution in [2.75, 3.05) is 11.5 Å². The van der Waals surface area contributed by atoms with E-state index in [1.165, 1.54) is 10.9 Å². The van der Waals surface area contributed by atoms with E-state index in [4.69, 9.17) is 11.5 Å². The first-order valence-electron chi connectivity index (χ1n) is 6.11. The van der Waals surface area contributed by atoms with E-state index in [-0.39, 0.29) is 18.3 Å². The Morgan fingerprint density at radius 1 is 1.35 bits per heavy atom. The SMILES string of the molecule is Cc1cc2c(N)cccc2n1C(=O)Cn1cc(N)nn1. The Bertz CT molecular complexity index is 800. The summed E-state index contributed by atoms with van der Waals surface area (Å²) in [5, 5.41) is 8.31. The molecule has 0 aliphatic rings. The van der Waals surface area contributed by atoms with E-state index in [1.807, 2.05) is 31.2 Å². The number of aryl methyl sites for hydroxylation is 1. The molecular weight excluding hydrogens is 256 g/mol. The summed E-state index contributed by atoms with van der Waals surface area (Å²) in [5.74, 6) is 0.170. The van der Waals surface area contributed by atoms with Gasteiger partial charge in [-0.25, -0.2) is 4.68 Å². The minimum Gasteiger partial charge on any atom is -0.398 e. The van der Waals surface area contributed by atoms with Gasteiger partial charge in [0.1, 0.15) is 6.54 Å². The summed E-state index contributed by atoms with van der Waals surface area (Å²) in [4.78, 5) is 12.4. The van der Waals surface area contributed by atoms with Gasteiger partial charge in [0.05, 0.1) is 11.7 Å². The monoisotopic (exact) mass is 270 g/mol. The summed E-state index contributed by atoms with van der Waals surface area (Å²) in [5.41, 5.74) is 13.7. The largest absolute Gasteiger partial charge is 0.398 e. The fraction of sp³-hybridized carbons (Fsp3) is 0.154. The third-order valence-corrected chi connectivity index (χ3v) is 3.17. The number of nitrogens with two attached hydrogens (primary N) is 2. The van der Waals surface area contributed by atoms with Gasteiger partial charge >= 0.3 is 0 Å². The molecule has 4 N–H and O–H groups in total. The molecule has 1 aromatic carbocycles. The van der Waals surface area contributed by atoms with Crippen molar-refractivity contribution in [3.05, 3.63) is 36.2 Å². The molecule has 3 aromatic rings. The van der Waals surface area contributed by atoms with E-state index >= 15 is 0 Å². The van der Waals surface area contributed by atoms with Crippen LogP contribution >= 0.6 is 0 Å². The molecule has 0 aliphatic carbocycles. The Morgan fingerprint density at radius 3 is 2.85 bits per heavy atom. The maximum Gasteiger partial charge on any atom is 0.253 e. The molecule has 0 fully saturated rings. The number of hydrogen-bond acceptors (Lipinski definition) is 5. The van der Waals surface area contributed by atoms with E-state index < -0.39 is 0 Å². The lowest BCUT2D eigenvalue weighted by atomic mass is 10.2. The van der Waals surface area contributed by atoms with Crippen LogP contribution in [-0.4, -0.2) is 25.5 Å². The van der Waals surface area contributed by atoms with Gasteiger partial charge in [-0.3, -0.25) is 9.36 Å². The Morgan fingerprint density at radius 2 is 2.15 bits per heavy atom. The van der Waals surface area contributed by atoms with Crippen LogP contribution in [0.5, 0.6) is 0 Å². The molecule has 20 heavy (non-hydrogen) atoms. The van der Waals surface area contributed by atoms with Crippen molar-refractivity contribution in [3.63, 3.8) is 0 Å². The topological polar surface area (TPSA) is 105 Å². The number of carbonyl (C=O) groups is 1. The highest BCUT2D eigenvalue weighted by atomic mass is 16.2. The minimum absolute atomic E-state index is 0.0730. The van der Waals surface area contributed by atoms with Gasteiger partial charge in [-0.05, 0) is 25.1 Å². The van der Waals surface area contributed by atoms with Crippen molar-refractivity contribution >= 4 is 28.3 Å². The smallest absolute Gasteiger partial charge is 0.253 e. The first kappa shape index (κ1) is 12.2. The second-order valence-corrected chi connectivity index (χ2v) is 4.64. The van der Waals surface area contributed by atoms with Crippen molar-refractivity contribution in [1.82, 2.24) is 19.6 Å². The van der Waals surface area contributed by atoms with Gasteiger partial charge in [0.25, 0.3) is 5.91 Å². The number of aromatic nitrogens is 4. The molecule has 7 nitrogen and oxygen atoms in total. The van der Waals surface area contributed by atoms with E-state index in [0.29, 0.717) is 5.69 Å². The zero-order chi connectivity index (χ0) is 14.3. The predicted octanol–water partition coefficient (Wildman–Crippen LogP) is 1.05. The first-order valence-corrected chi connectivity index (χ1v) is 6.11. The molecule has 0 amide bonds. The lowest BCUT2D eigenvalue weighted by Gasteiger charge is -2.06. The molecule has 0 bridgehead atoms. The van der Waals surface area contributed by atoms with Gasteiger partial charge in [-0.1, -0.05) is 11.3 Å². The number of rotatable bonds is 2. The summed E-state index contributed by atoms with van der Waals surface area (Å²) in [6.45, 7) is 1.94. The van der Waals surface area contributed by atoms with Gasteiger partial charge in [0.15, 0.2) is 5.82 Å². The molecule has 102 valence electrons. The Labute approximate surface area is 114 Å². The average Bonchev–Trinajstić information content (AvgIpc) is 2.93. The van der Waals surface area contributed by atoms with Crippen molar-refractivity contribution in [1.29, 1.82) is 0 Å². The molecule has 0 saturated carbocycles. The summed E-state index contributed by atoms with van der Waals surface area (Å²) in [7, 11) is 0. The number of anilines is 2. The maximum atomic E-state index is 12.4. The molecule has 2 heterocycles. The van der Waals surface area contributed by atoms with Gasteiger partial charge in [-0.15, -0.1) is 5.10 Å². The summed E-state index contributed by atoms with van der Waals surface area (Å²) in [6, 6.07) is 7.41. The number of nitrogen functional groups attached to an aromatic ring is 2. The summed E-state index contributed by atoms with van der Waals surface area (Å²) < 4.78 is 3.04. The third kappa shape index (κ3) is 1.89. The highest BCUT2D eigenvalue weighted by molar-refractivity contribution is 5.99. The number of nitrogens with zero attached hydrogens (tertiary/aromatic N) is 4. The Balaban J connectivity index is 2.03. The third-order valence-electron chi connectivity index (χ3n) is 3.17. The van der Waals surface area contributed by atoms with Crippen molar-refractivity contribution in [2.45, 2.75) is 13.5 Å². The maximum absolute atomic E-state index is 12.4. The summed E-state index contributed by atoms with van der Waals surface area (Å²) >= 11 is 0. The minimum atomic E-state index is -0.118. The van der Waals surface area contributed by atoms with Crippen molar-refractivity contribution in [2.24, 2.45) is 0 Å². The second-order valence-electron chi connectivity index (χ2n) is 4.64. The normalized spacial score (nSPS) is 11.1. The Hall–Kier alpha value is -2.83. The molecule has 0 radical (unpaired) electrons. The number of hydrogen-bond donors (Lipinski definition) is 2. The van der Waals surface area contributed by atoms with Gasteiger partial charge in [-0.2, -0.15) is 0 Å². The lowest BCUT2D eigenvalue weighted by Crippen LogP contribution is -2.19. The average molecular weight is 270 g/mol. The molecule has 0 spiro atoms. The van der Waals surface area contributed by atoms with Gasteiger partial charge < -0.3 is 11.5 Å². The second kappa shape index (κ2) is 4.37. The highest BCUT2D eigenvalue weighted by Gasteiger charge is 2.15. The van der Waals surface area contributed by atoms with E-state index in [2.05, 4.69) is 10.3 Å². The summed E-state index contributed by atoms with van der Waals surface area (Å²) in [6.07, 6.45) is 1.52. The van der Waals surface area contributed by atoms with E-state index in [9.17, 15) is 4.79 Å². The standard InChI is InChI=1S/C13H14N6O/c1-8-5-9-10(14)3-2-4-11(9)19(8)13(20)7-18-6-12(15)16-17-18/h2-6H,7,14-15H2,1H3. The molecular formula is C13H14N6O. The van der Waals surface area contributed by atoms with E-state index in [1.54, 1.807) is 4.57 Å².